The number of halogens is 1. The predicted molar refractivity (Wildman–Crippen MR) is 136 cm³/mol. The van der Waals surface area contributed by atoms with E-state index in [2.05, 4.69) is 45.2 Å². The third kappa shape index (κ3) is 3.65. The van der Waals surface area contributed by atoms with Gasteiger partial charge in [-0.15, -0.1) is 0 Å². The van der Waals surface area contributed by atoms with Crippen molar-refractivity contribution in [1.29, 1.82) is 10.5 Å². The fraction of sp³-hybridized carbons (Fsp3) is 0.231. The Morgan fingerprint density at radius 1 is 1.00 bits per heavy atom. The number of allylic oxidation sites excluding steroid dienone is 2. The molecular weight excluding hydrogens is 446 g/mol. The van der Waals surface area contributed by atoms with Gasteiger partial charge in [-0.2, -0.15) is 10.5 Å². The zero-order valence-electron chi connectivity index (χ0n) is 19.2. The highest BCUT2D eigenvalue weighted by Crippen LogP contribution is 2.43. The molecule has 7 nitrogen and oxygen atoms in total. The van der Waals surface area contributed by atoms with Crippen LogP contribution in [-0.2, 0) is 6.54 Å². The molecule has 4 rings (SSSR count). The molecule has 0 spiro atoms. The minimum Gasteiger partial charge on any atom is -0.326 e. The largest absolute Gasteiger partial charge is 0.326 e. The number of fused-ring (bicyclic) bond motifs is 2. The first-order valence-electron chi connectivity index (χ1n) is 11.0. The maximum atomic E-state index is 9.46. The lowest BCUT2D eigenvalue weighted by Crippen LogP contribution is -2.27. The zero-order chi connectivity index (χ0) is 24.4. The van der Waals surface area contributed by atoms with Gasteiger partial charge in [0.15, 0.2) is 0 Å². The maximum Gasteiger partial charge on any atom is 0.207 e. The van der Waals surface area contributed by atoms with E-state index in [1.54, 1.807) is 24.3 Å². The summed E-state index contributed by atoms with van der Waals surface area (Å²) < 4.78 is 2.06. The molecule has 3 aromatic rings. The van der Waals surface area contributed by atoms with Crippen molar-refractivity contribution >= 4 is 45.8 Å². The van der Waals surface area contributed by atoms with Crippen LogP contribution in [0.3, 0.4) is 0 Å². The lowest BCUT2D eigenvalue weighted by Gasteiger charge is -2.23. The Bertz CT molecular complexity index is 1420. The van der Waals surface area contributed by atoms with E-state index in [1.165, 1.54) is 0 Å². The van der Waals surface area contributed by atoms with Gasteiger partial charge >= 0.3 is 0 Å². The molecule has 1 aromatic heterocycles. The van der Waals surface area contributed by atoms with Crippen molar-refractivity contribution in [3.63, 3.8) is 0 Å². The van der Waals surface area contributed by atoms with E-state index in [4.69, 9.17) is 23.2 Å². The predicted octanol–water partition coefficient (Wildman–Crippen LogP) is 6.22. The van der Waals surface area contributed by atoms with Gasteiger partial charge in [-0.05, 0) is 57.2 Å². The lowest BCUT2D eigenvalue weighted by molar-refractivity contribution is 0.777. The summed E-state index contributed by atoms with van der Waals surface area (Å²) in [4.78, 5) is 12.4. The number of rotatable bonds is 5. The molecular formula is C26H22ClN7. The zero-order valence-corrected chi connectivity index (χ0v) is 19.9. The van der Waals surface area contributed by atoms with Crippen LogP contribution in [0.1, 0.15) is 37.7 Å². The molecule has 0 saturated heterocycles. The molecule has 0 bridgehead atoms. The van der Waals surface area contributed by atoms with Gasteiger partial charge in [0.1, 0.15) is 23.8 Å². The number of nitrogens with zero attached hydrogens (tertiary/aromatic N) is 7. The van der Waals surface area contributed by atoms with Crippen molar-refractivity contribution in [2.75, 3.05) is 22.9 Å². The average molecular weight is 468 g/mol. The van der Waals surface area contributed by atoms with Crippen LogP contribution in [0.5, 0.6) is 0 Å². The van der Waals surface area contributed by atoms with Gasteiger partial charge in [0.05, 0.1) is 40.1 Å². The molecule has 0 atom stereocenters. The second-order valence-corrected chi connectivity index (χ2v) is 8.01. The molecule has 2 heterocycles. The molecule has 1 aliphatic heterocycles. The molecule has 34 heavy (non-hydrogen) atoms. The third-order valence-electron chi connectivity index (χ3n) is 5.90. The summed E-state index contributed by atoms with van der Waals surface area (Å²) in [6.07, 6.45) is 5.91. The summed E-state index contributed by atoms with van der Waals surface area (Å²) in [5, 5.41) is 19.3. The van der Waals surface area contributed by atoms with E-state index in [9.17, 15) is 10.5 Å². The lowest BCUT2D eigenvalue weighted by atomic mass is 10.1. The van der Waals surface area contributed by atoms with Crippen molar-refractivity contribution < 1.29 is 0 Å². The standard InChI is InChI=1S/C26H22ClN7/c1-5-32-22-13-19(27)20(30-4)14-21(22)31-25(32)9-8-10-26-33(6-2)23-11-17(15-28)18(16-29)12-24(23)34(26)7-3/h8-14H,5-7H2,1-3H3. The van der Waals surface area contributed by atoms with Crippen LogP contribution in [0.15, 0.2) is 42.2 Å². The minimum absolute atomic E-state index is 0.377. The second-order valence-electron chi connectivity index (χ2n) is 7.60. The molecule has 0 radical (unpaired) electrons. The van der Waals surface area contributed by atoms with Crippen molar-refractivity contribution in [3.05, 3.63) is 75.6 Å². The van der Waals surface area contributed by atoms with E-state index in [0.29, 0.717) is 41.5 Å². The molecule has 0 aliphatic carbocycles. The number of hydrogen-bond acceptors (Lipinski definition) is 5. The molecule has 8 heteroatoms. The van der Waals surface area contributed by atoms with Gasteiger partial charge in [0.25, 0.3) is 0 Å². The number of imidazole rings is 1. The molecule has 0 unspecified atom stereocenters. The Kier molecular flexibility index (Phi) is 6.28. The Morgan fingerprint density at radius 3 is 2.12 bits per heavy atom. The summed E-state index contributed by atoms with van der Waals surface area (Å²) in [6, 6.07) is 11.4. The van der Waals surface area contributed by atoms with Crippen molar-refractivity contribution in [1.82, 2.24) is 9.55 Å². The van der Waals surface area contributed by atoms with Crippen molar-refractivity contribution in [2.45, 2.75) is 27.3 Å². The normalized spacial score (nSPS) is 12.7. The summed E-state index contributed by atoms with van der Waals surface area (Å²) in [5.74, 6) is 1.74. The number of aromatic nitrogens is 2. The van der Waals surface area contributed by atoms with Crippen LogP contribution in [0, 0.1) is 29.2 Å². The third-order valence-corrected chi connectivity index (χ3v) is 6.20. The van der Waals surface area contributed by atoms with Gasteiger partial charge in [0.2, 0.25) is 5.69 Å². The Labute approximate surface area is 203 Å². The molecule has 1 aliphatic rings. The smallest absolute Gasteiger partial charge is 0.207 e. The number of hydrogen-bond donors (Lipinski definition) is 0. The Balaban J connectivity index is 1.76. The molecule has 0 fully saturated rings. The van der Waals surface area contributed by atoms with Crippen LogP contribution < -0.4 is 9.80 Å². The Morgan fingerprint density at radius 2 is 1.62 bits per heavy atom. The number of anilines is 2. The number of nitriles is 2. The minimum atomic E-state index is 0.377. The molecule has 2 aromatic carbocycles. The molecule has 0 saturated carbocycles. The summed E-state index contributed by atoms with van der Waals surface area (Å²) in [7, 11) is 0. The first-order chi connectivity index (χ1) is 16.5. The monoisotopic (exact) mass is 467 g/mol. The van der Waals surface area contributed by atoms with Gasteiger partial charge in [-0.25, -0.2) is 9.83 Å². The van der Waals surface area contributed by atoms with E-state index in [0.717, 1.165) is 34.1 Å². The highest BCUT2D eigenvalue weighted by Gasteiger charge is 2.30. The highest BCUT2D eigenvalue weighted by atomic mass is 35.5. The first-order valence-corrected chi connectivity index (χ1v) is 11.4. The van der Waals surface area contributed by atoms with E-state index >= 15 is 0 Å². The molecule has 0 N–H and O–H groups in total. The maximum absolute atomic E-state index is 9.46. The molecule has 0 amide bonds. The van der Waals surface area contributed by atoms with Gasteiger partial charge in [0, 0.05) is 24.7 Å². The van der Waals surface area contributed by atoms with Crippen LogP contribution >= 0.6 is 11.6 Å². The van der Waals surface area contributed by atoms with Gasteiger partial charge in [-0.1, -0.05) is 17.7 Å². The SMILES string of the molecule is [C-]#[N+]c1cc2nc(C=CC=C3N(CC)c4cc(C#N)c(C#N)cc4N3CC)n(CC)c2cc1Cl. The Hall–Kier alpha value is -4.25. The fourth-order valence-electron chi connectivity index (χ4n) is 4.35. The second kappa shape index (κ2) is 9.32. The highest BCUT2D eigenvalue weighted by molar-refractivity contribution is 6.34. The summed E-state index contributed by atoms with van der Waals surface area (Å²) in [6.45, 7) is 15.6. The summed E-state index contributed by atoms with van der Waals surface area (Å²) in [5.41, 5.74) is 4.60. The van der Waals surface area contributed by atoms with Crippen molar-refractivity contribution in [3.8, 4) is 12.1 Å². The van der Waals surface area contributed by atoms with Gasteiger partial charge in [-0.3, -0.25) is 0 Å². The first kappa shape index (κ1) is 22.9. The van der Waals surface area contributed by atoms with E-state index < -0.39 is 0 Å². The van der Waals surface area contributed by atoms with E-state index in [-0.39, 0.29) is 0 Å². The topological polar surface area (TPSA) is 76.2 Å². The van der Waals surface area contributed by atoms with Crippen LogP contribution in [0.4, 0.5) is 17.1 Å². The van der Waals surface area contributed by atoms with Crippen LogP contribution in [0.2, 0.25) is 5.02 Å². The fourth-order valence-corrected chi connectivity index (χ4v) is 4.55. The van der Waals surface area contributed by atoms with Gasteiger partial charge < -0.3 is 14.4 Å². The molecule has 168 valence electrons. The van der Waals surface area contributed by atoms with Crippen LogP contribution in [-0.4, -0.2) is 22.6 Å². The summed E-state index contributed by atoms with van der Waals surface area (Å²) >= 11 is 6.25. The average Bonchev–Trinajstić information content (AvgIpc) is 3.34. The van der Waals surface area contributed by atoms with E-state index in [1.807, 2.05) is 25.2 Å². The number of aryl methyl sites for hydroxylation is 1. The number of benzene rings is 2. The van der Waals surface area contributed by atoms with Crippen LogP contribution in [0.25, 0.3) is 22.0 Å². The quantitative estimate of drug-likeness (QED) is 0.416. The van der Waals surface area contributed by atoms with Crippen molar-refractivity contribution in [2.24, 2.45) is 0 Å².